The van der Waals surface area contributed by atoms with Gasteiger partial charge in [0.15, 0.2) is 0 Å². The van der Waals surface area contributed by atoms with Gasteiger partial charge in [0.05, 0.1) is 10.6 Å². The summed E-state index contributed by atoms with van der Waals surface area (Å²) in [6.45, 7) is 0. The van der Waals surface area contributed by atoms with Crippen LogP contribution in [0, 0.1) is 5.82 Å². The normalized spacial score (nSPS) is 11.5. The molecule has 0 unspecified atom stereocenters. The van der Waals surface area contributed by atoms with Crippen LogP contribution in [0.3, 0.4) is 0 Å². The van der Waals surface area contributed by atoms with E-state index in [1.165, 1.54) is 42.5 Å². The predicted molar refractivity (Wildman–Crippen MR) is 83.5 cm³/mol. The minimum atomic E-state index is -3.94. The Morgan fingerprint density at radius 2 is 1.86 bits per heavy atom. The molecule has 0 aliphatic rings. The number of anilines is 1. The Bertz CT molecular complexity index is 834. The maximum absolute atomic E-state index is 13.5. The van der Waals surface area contributed by atoms with E-state index in [2.05, 4.69) is 4.72 Å². The number of sulfonamides is 1. The number of carbonyl (C=O) groups is 1. The highest BCUT2D eigenvalue weighted by Crippen LogP contribution is 2.20. The van der Waals surface area contributed by atoms with Crippen LogP contribution in [0.2, 0.25) is 0 Å². The minimum Gasteiger partial charge on any atom is -0.277 e. The van der Waals surface area contributed by atoms with Crippen molar-refractivity contribution in [2.24, 2.45) is 0 Å². The van der Waals surface area contributed by atoms with Crippen molar-refractivity contribution in [2.75, 3.05) is 4.72 Å². The Morgan fingerprint density at radius 3 is 2.55 bits per heavy atom. The summed E-state index contributed by atoms with van der Waals surface area (Å²) in [6.07, 6.45) is 2.50. The van der Waals surface area contributed by atoms with E-state index in [0.717, 1.165) is 12.1 Å². The molecule has 7 heteroatoms. The first kappa shape index (κ1) is 16.2. The fourth-order valence-electron chi connectivity index (χ4n) is 1.69. The smallest absolute Gasteiger partial charge is 0.262 e. The lowest BCUT2D eigenvalue weighted by molar-refractivity contribution is -0.107. The van der Waals surface area contributed by atoms with Gasteiger partial charge in [0, 0.05) is 0 Å². The Labute approximate surface area is 132 Å². The van der Waals surface area contributed by atoms with Gasteiger partial charge in [-0.05, 0) is 47.5 Å². The summed E-state index contributed by atoms with van der Waals surface area (Å²) in [6, 6.07) is 11.3. The number of halogens is 2. The third-order valence-corrected chi connectivity index (χ3v) is 4.18. The monoisotopic (exact) mass is 339 g/mol. The van der Waals surface area contributed by atoms with Gasteiger partial charge in [-0.2, -0.15) is 0 Å². The maximum Gasteiger partial charge on any atom is 0.262 e. The van der Waals surface area contributed by atoms with Crippen LogP contribution < -0.4 is 4.72 Å². The second-order valence-electron chi connectivity index (χ2n) is 4.30. The highest BCUT2D eigenvalue weighted by molar-refractivity contribution is 7.92. The number of nitrogens with one attached hydrogen (secondary N) is 1. The minimum absolute atomic E-state index is 0.0556. The molecule has 2 rings (SSSR count). The van der Waals surface area contributed by atoms with Crippen molar-refractivity contribution in [1.29, 1.82) is 0 Å². The number of allylic oxidation sites excluding steroid dienone is 1. The maximum atomic E-state index is 13.5. The van der Waals surface area contributed by atoms with Crippen LogP contribution in [0.25, 0.3) is 6.08 Å². The zero-order valence-electron chi connectivity index (χ0n) is 11.2. The summed E-state index contributed by atoms with van der Waals surface area (Å²) in [4.78, 5) is 10.6. The first-order valence-corrected chi connectivity index (χ1v) is 7.99. The number of rotatable bonds is 5. The van der Waals surface area contributed by atoms with Gasteiger partial charge in [-0.3, -0.25) is 9.52 Å². The summed E-state index contributed by atoms with van der Waals surface area (Å²) >= 11 is 5.18. The van der Waals surface area contributed by atoms with Gasteiger partial charge in [-0.1, -0.05) is 30.3 Å². The molecule has 0 amide bonds. The van der Waals surface area contributed by atoms with Crippen molar-refractivity contribution >= 4 is 38.6 Å². The summed E-state index contributed by atoms with van der Waals surface area (Å²) in [5.74, 6) is -0.671. The first-order valence-electron chi connectivity index (χ1n) is 6.13. The lowest BCUT2D eigenvalue weighted by Crippen LogP contribution is -2.14. The summed E-state index contributed by atoms with van der Waals surface area (Å²) < 4.78 is 40.2. The topological polar surface area (TPSA) is 63.2 Å². The Hall–Kier alpha value is -2.18. The molecule has 0 bridgehead atoms. The number of benzene rings is 2. The van der Waals surface area contributed by atoms with Gasteiger partial charge >= 0.3 is 0 Å². The van der Waals surface area contributed by atoms with Crippen LogP contribution in [0.5, 0.6) is 0 Å². The molecule has 0 heterocycles. The van der Waals surface area contributed by atoms with Crippen molar-refractivity contribution in [3.8, 4) is 0 Å². The summed E-state index contributed by atoms with van der Waals surface area (Å²) in [5, 5.41) is -0.669. The van der Waals surface area contributed by atoms with E-state index in [-0.39, 0.29) is 10.6 Å². The fraction of sp³-hybridized carbons (Fsp3) is 0. The molecule has 0 aliphatic carbocycles. The molecule has 2 aromatic carbocycles. The first-order chi connectivity index (χ1) is 10.4. The predicted octanol–water partition coefficient (Wildman–Crippen LogP) is 3.41. The lowest BCUT2D eigenvalue weighted by Gasteiger charge is -2.09. The van der Waals surface area contributed by atoms with Crippen molar-refractivity contribution in [1.82, 2.24) is 0 Å². The van der Waals surface area contributed by atoms with Crippen LogP contribution in [-0.4, -0.2) is 13.7 Å². The van der Waals surface area contributed by atoms with Crippen molar-refractivity contribution < 1.29 is 17.6 Å². The van der Waals surface area contributed by atoms with Gasteiger partial charge in [0.1, 0.15) is 5.82 Å². The van der Waals surface area contributed by atoms with E-state index in [4.69, 9.17) is 11.6 Å². The molecular weight excluding hydrogens is 329 g/mol. The van der Waals surface area contributed by atoms with Crippen molar-refractivity contribution in [2.45, 2.75) is 4.90 Å². The van der Waals surface area contributed by atoms with Crippen molar-refractivity contribution in [3.63, 3.8) is 0 Å². The molecule has 0 fully saturated rings. The van der Waals surface area contributed by atoms with Gasteiger partial charge in [0.2, 0.25) is 5.24 Å². The van der Waals surface area contributed by atoms with E-state index in [1.54, 1.807) is 6.07 Å². The van der Waals surface area contributed by atoms with Crippen LogP contribution >= 0.6 is 11.6 Å². The molecule has 22 heavy (non-hydrogen) atoms. The molecule has 0 aliphatic heterocycles. The third kappa shape index (κ3) is 4.16. The number of hydrogen-bond donors (Lipinski definition) is 1. The molecule has 0 atom stereocenters. The van der Waals surface area contributed by atoms with E-state index in [0.29, 0.717) is 5.56 Å². The Morgan fingerprint density at radius 1 is 1.14 bits per heavy atom. The van der Waals surface area contributed by atoms with E-state index in [9.17, 15) is 17.6 Å². The highest BCUT2D eigenvalue weighted by Gasteiger charge is 2.16. The van der Waals surface area contributed by atoms with Gasteiger partial charge in [-0.15, -0.1) is 0 Å². The molecule has 4 nitrogen and oxygen atoms in total. The van der Waals surface area contributed by atoms with Gasteiger partial charge in [0.25, 0.3) is 10.0 Å². The quantitative estimate of drug-likeness (QED) is 0.670. The molecule has 0 radical (unpaired) electrons. The van der Waals surface area contributed by atoms with E-state index >= 15 is 0 Å². The fourth-order valence-corrected chi connectivity index (χ4v) is 2.88. The standard InChI is InChI=1S/C15H11ClFNO3S/c16-15(19)9-8-11-4-3-5-12(10-11)22(20,21)18-14-7-2-1-6-13(14)17/h1-10,18H. The number of para-hydroxylation sites is 1. The highest BCUT2D eigenvalue weighted by atomic mass is 35.5. The molecule has 1 N–H and O–H groups in total. The average Bonchev–Trinajstić information content (AvgIpc) is 2.48. The molecule has 0 saturated heterocycles. The molecule has 114 valence electrons. The molecule has 0 aromatic heterocycles. The SMILES string of the molecule is O=C(Cl)C=Cc1cccc(S(=O)(=O)Nc2ccccc2F)c1. The van der Waals surface area contributed by atoms with E-state index in [1.807, 2.05) is 0 Å². The average molecular weight is 340 g/mol. The molecular formula is C15H11ClFNO3S. The summed E-state index contributed by atoms with van der Waals surface area (Å²) in [5.41, 5.74) is 0.338. The Kier molecular flexibility index (Phi) is 4.95. The zero-order chi connectivity index (χ0) is 16.2. The number of hydrogen-bond acceptors (Lipinski definition) is 3. The van der Waals surface area contributed by atoms with Crippen LogP contribution in [-0.2, 0) is 14.8 Å². The van der Waals surface area contributed by atoms with Crippen molar-refractivity contribution in [3.05, 3.63) is 66.0 Å². The second-order valence-corrected chi connectivity index (χ2v) is 6.35. The molecule has 0 saturated carbocycles. The second kappa shape index (κ2) is 6.72. The summed E-state index contributed by atoms with van der Waals surface area (Å²) in [7, 11) is -3.94. The van der Waals surface area contributed by atoms with E-state index < -0.39 is 21.1 Å². The molecule has 2 aromatic rings. The zero-order valence-corrected chi connectivity index (χ0v) is 12.7. The third-order valence-electron chi connectivity index (χ3n) is 2.69. The molecule has 0 spiro atoms. The van der Waals surface area contributed by atoms with Crippen LogP contribution in [0.1, 0.15) is 5.56 Å². The largest absolute Gasteiger partial charge is 0.277 e. The van der Waals surface area contributed by atoms with Gasteiger partial charge < -0.3 is 0 Å². The number of carbonyl (C=O) groups excluding carboxylic acids is 1. The van der Waals surface area contributed by atoms with Crippen LogP contribution in [0.15, 0.2) is 59.5 Å². The van der Waals surface area contributed by atoms with Crippen LogP contribution in [0.4, 0.5) is 10.1 Å². The van der Waals surface area contributed by atoms with Gasteiger partial charge in [-0.25, -0.2) is 12.8 Å². The lowest BCUT2D eigenvalue weighted by atomic mass is 10.2. The Balaban J connectivity index is 2.32.